The molecule has 10 heteroatoms. The van der Waals surface area contributed by atoms with E-state index in [0.29, 0.717) is 34.7 Å². The molecule has 0 radical (unpaired) electrons. The van der Waals surface area contributed by atoms with Gasteiger partial charge in [-0.25, -0.2) is 9.97 Å². The molecule has 0 atom stereocenters. The lowest BCUT2D eigenvalue weighted by atomic mass is 10.1. The largest absolute Gasteiger partial charge is 0.454 e. The number of amides is 1. The van der Waals surface area contributed by atoms with Gasteiger partial charge in [-0.2, -0.15) is 0 Å². The number of rotatable bonds is 7. The molecule has 3 heterocycles. The first-order valence-corrected chi connectivity index (χ1v) is 13.1. The van der Waals surface area contributed by atoms with E-state index in [1.165, 1.54) is 17.3 Å². The van der Waals surface area contributed by atoms with E-state index in [1.807, 2.05) is 60.3 Å². The van der Waals surface area contributed by atoms with Crippen LogP contribution in [0.1, 0.15) is 21.5 Å². The third-order valence-electron chi connectivity index (χ3n) is 6.16. The lowest BCUT2D eigenvalue weighted by molar-refractivity contribution is 0.0628. The number of hydrogen-bond acceptors (Lipinski definition) is 8. The van der Waals surface area contributed by atoms with Crippen molar-refractivity contribution in [3.8, 4) is 11.5 Å². The number of aromatic nitrogens is 2. The number of piperazine rings is 1. The van der Waals surface area contributed by atoms with E-state index in [1.54, 1.807) is 6.07 Å². The summed E-state index contributed by atoms with van der Waals surface area (Å²) in [5.74, 6) is 3.09. The first-order valence-electron chi connectivity index (χ1n) is 11.8. The van der Waals surface area contributed by atoms with Gasteiger partial charge in [0.15, 0.2) is 16.7 Å². The summed E-state index contributed by atoms with van der Waals surface area (Å²) in [5.41, 5.74) is 2.94. The van der Waals surface area contributed by atoms with Crippen LogP contribution in [0, 0.1) is 0 Å². The molecule has 1 fully saturated rings. The Morgan fingerprint density at radius 3 is 2.61 bits per heavy atom. The minimum atomic E-state index is 0.0680. The van der Waals surface area contributed by atoms with Gasteiger partial charge in [-0.1, -0.05) is 41.6 Å². The fourth-order valence-corrected chi connectivity index (χ4v) is 5.23. The lowest BCUT2D eigenvalue weighted by Crippen LogP contribution is -2.48. The van der Waals surface area contributed by atoms with Crippen molar-refractivity contribution >= 4 is 35.1 Å². The Balaban J connectivity index is 1.15. The summed E-state index contributed by atoms with van der Waals surface area (Å²) < 4.78 is 10.9. The van der Waals surface area contributed by atoms with Gasteiger partial charge in [0.05, 0.1) is 0 Å². The van der Waals surface area contributed by atoms with Gasteiger partial charge in [0.25, 0.3) is 5.91 Å². The van der Waals surface area contributed by atoms with Crippen LogP contribution >= 0.6 is 23.4 Å². The van der Waals surface area contributed by atoms with Crippen LogP contribution in [-0.2, 0) is 12.3 Å². The number of halogens is 1. The van der Waals surface area contributed by atoms with Gasteiger partial charge >= 0.3 is 0 Å². The number of thioether (sulfide) groups is 1. The summed E-state index contributed by atoms with van der Waals surface area (Å²) in [6, 6.07) is 15.6. The monoisotopic (exact) mass is 525 g/mol. The van der Waals surface area contributed by atoms with Crippen molar-refractivity contribution in [3.63, 3.8) is 0 Å². The Morgan fingerprint density at radius 2 is 1.81 bits per heavy atom. The Labute approximate surface area is 220 Å². The van der Waals surface area contributed by atoms with E-state index in [9.17, 15) is 4.79 Å². The fourth-order valence-electron chi connectivity index (χ4n) is 4.21. The van der Waals surface area contributed by atoms with Gasteiger partial charge in [0.2, 0.25) is 6.79 Å². The Bertz CT molecular complexity index is 1250. The van der Waals surface area contributed by atoms with Gasteiger partial charge in [-0.05, 0) is 35.4 Å². The molecule has 1 saturated heterocycles. The van der Waals surface area contributed by atoms with Crippen LogP contribution in [0.5, 0.6) is 11.5 Å². The molecule has 188 valence electrons. The second kappa shape index (κ2) is 10.9. The molecule has 0 bridgehead atoms. The normalized spacial score (nSPS) is 15.2. The van der Waals surface area contributed by atoms with E-state index < -0.39 is 0 Å². The third-order valence-corrected chi connectivity index (χ3v) is 7.28. The fraction of sp³-hybridized carbons (Fsp3) is 0.346. The lowest BCUT2D eigenvalue weighted by Gasteiger charge is -2.34. The zero-order chi connectivity index (χ0) is 25.1. The molecule has 2 aliphatic heterocycles. The Kier molecular flexibility index (Phi) is 7.50. The average Bonchev–Trinajstić information content (AvgIpc) is 3.35. The molecule has 0 N–H and O–H groups in total. The Morgan fingerprint density at radius 1 is 1.00 bits per heavy atom. The first-order chi connectivity index (χ1) is 17.4. The highest BCUT2D eigenvalue weighted by Crippen LogP contribution is 2.33. The number of hydrogen-bond donors (Lipinski definition) is 0. The van der Waals surface area contributed by atoms with E-state index in [0.717, 1.165) is 42.5 Å². The molecule has 5 rings (SSSR count). The predicted octanol–water partition coefficient (Wildman–Crippen LogP) is 4.18. The number of anilines is 1. The number of carbonyl (C=O) groups is 1. The van der Waals surface area contributed by atoms with Crippen molar-refractivity contribution in [2.45, 2.75) is 17.5 Å². The predicted molar refractivity (Wildman–Crippen MR) is 141 cm³/mol. The number of ether oxygens (including phenoxy) is 2. The van der Waals surface area contributed by atoms with Crippen molar-refractivity contribution < 1.29 is 14.3 Å². The van der Waals surface area contributed by atoms with Gasteiger partial charge < -0.3 is 19.3 Å². The van der Waals surface area contributed by atoms with Gasteiger partial charge in [0, 0.05) is 64.2 Å². The summed E-state index contributed by atoms with van der Waals surface area (Å²) in [4.78, 5) is 28.2. The van der Waals surface area contributed by atoms with Crippen molar-refractivity contribution in [1.82, 2.24) is 19.8 Å². The van der Waals surface area contributed by atoms with E-state index in [4.69, 9.17) is 21.1 Å². The maximum atomic E-state index is 13.2. The quantitative estimate of drug-likeness (QED) is 0.258. The number of benzene rings is 2. The molecule has 2 aromatic carbocycles. The molecule has 0 spiro atoms. The van der Waals surface area contributed by atoms with Crippen molar-refractivity contribution in [1.29, 1.82) is 0 Å². The standard InChI is InChI=1S/C26H28ClN5O3S/c1-30(2)24-14-23(27)28-26(29-24)36-16-19-4-3-5-20(12-19)25(33)32-10-8-31(9-11-32)15-18-6-7-21-22(13-18)35-17-34-21/h3-7,12-14H,8-11,15-17H2,1-2H3. The zero-order valence-corrected chi connectivity index (χ0v) is 21.9. The second-order valence-corrected chi connectivity index (χ2v) is 10.3. The summed E-state index contributed by atoms with van der Waals surface area (Å²) in [6.07, 6.45) is 0. The van der Waals surface area contributed by atoms with Crippen molar-refractivity contribution in [3.05, 3.63) is 70.4 Å². The summed E-state index contributed by atoms with van der Waals surface area (Å²) in [7, 11) is 3.83. The molecular weight excluding hydrogens is 498 g/mol. The molecule has 1 aromatic heterocycles. The maximum absolute atomic E-state index is 13.2. The smallest absolute Gasteiger partial charge is 0.253 e. The number of carbonyl (C=O) groups excluding carboxylic acids is 1. The molecule has 2 aliphatic rings. The van der Waals surface area contributed by atoms with Crippen LogP contribution in [-0.4, -0.2) is 72.7 Å². The van der Waals surface area contributed by atoms with E-state index >= 15 is 0 Å². The molecule has 3 aromatic rings. The molecule has 0 aliphatic carbocycles. The highest BCUT2D eigenvalue weighted by atomic mass is 35.5. The highest BCUT2D eigenvalue weighted by molar-refractivity contribution is 7.98. The van der Waals surface area contributed by atoms with Crippen LogP contribution in [0.25, 0.3) is 0 Å². The van der Waals surface area contributed by atoms with Crippen LogP contribution in [0.2, 0.25) is 5.15 Å². The second-order valence-electron chi connectivity index (χ2n) is 8.97. The van der Waals surface area contributed by atoms with Gasteiger partial charge in [-0.15, -0.1) is 0 Å². The summed E-state index contributed by atoms with van der Waals surface area (Å²) >= 11 is 7.65. The van der Waals surface area contributed by atoms with Crippen molar-refractivity contribution in [2.75, 3.05) is 52.0 Å². The molecule has 0 saturated carbocycles. The van der Waals surface area contributed by atoms with E-state index in [-0.39, 0.29) is 12.7 Å². The first kappa shape index (κ1) is 24.7. The minimum absolute atomic E-state index is 0.0680. The molecule has 0 unspecified atom stereocenters. The maximum Gasteiger partial charge on any atom is 0.253 e. The number of fused-ring (bicyclic) bond motifs is 1. The third kappa shape index (κ3) is 5.86. The van der Waals surface area contributed by atoms with Crippen LogP contribution < -0.4 is 14.4 Å². The SMILES string of the molecule is CN(C)c1cc(Cl)nc(SCc2cccc(C(=O)N3CCN(Cc4ccc5c(c4)OCO5)CC3)c2)n1. The summed E-state index contributed by atoms with van der Waals surface area (Å²) in [6.45, 7) is 4.17. The molecule has 1 amide bonds. The van der Waals surface area contributed by atoms with E-state index in [2.05, 4.69) is 20.9 Å². The topological polar surface area (TPSA) is 71.0 Å². The average molecular weight is 526 g/mol. The molecule has 8 nitrogen and oxygen atoms in total. The summed E-state index contributed by atoms with van der Waals surface area (Å²) in [5, 5.41) is 1.03. The molecule has 36 heavy (non-hydrogen) atoms. The van der Waals surface area contributed by atoms with Crippen LogP contribution in [0.4, 0.5) is 5.82 Å². The molecular formula is C26H28ClN5O3S. The van der Waals surface area contributed by atoms with Gasteiger partial charge in [-0.3, -0.25) is 9.69 Å². The van der Waals surface area contributed by atoms with Crippen LogP contribution in [0.15, 0.2) is 53.7 Å². The Hall–Kier alpha value is -3.01. The zero-order valence-electron chi connectivity index (χ0n) is 20.3. The van der Waals surface area contributed by atoms with Crippen molar-refractivity contribution in [2.24, 2.45) is 0 Å². The number of nitrogens with zero attached hydrogens (tertiary/aromatic N) is 5. The van der Waals surface area contributed by atoms with Crippen LogP contribution in [0.3, 0.4) is 0 Å². The minimum Gasteiger partial charge on any atom is -0.454 e. The highest BCUT2D eigenvalue weighted by Gasteiger charge is 2.23. The van der Waals surface area contributed by atoms with Gasteiger partial charge in [0.1, 0.15) is 11.0 Å².